The number of hydrogen-bond acceptors (Lipinski definition) is 7. The van der Waals surface area contributed by atoms with Gasteiger partial charge in [0.25, 0.3) is 15.8 Å². The zero-order chi connectivity index (χ0) is 15.9. The number of nitro benzene ring substituents is 2. The molecule has 0 aromatic heterocycles. The first-order valence-electron chi connectivity index (χ1n) is 5.19. The Bertz CT molecular complexity index is 895. The molecule has 2 aromatic carbocycles. The van der Waals surface area contributed by atoms with Crippen molar-refractivity contribution in [2.24, 2.45) is 0 Å². The third-order valence-electron chi connectivity index (χ3n) is 2.73. The van der Waals surface area contributed by atoms with Crippen LogP contribution in [0.2, 0.25) is 0 Å². The molecular formula is C10H7N2NaO8S. The molecule has 0 amide bonds. The van der Waals surface area contributed by atoms with Crippen LogP contribution in [0.5, 0.6) is 5.75 Å². The molecule has 0 saturated heterocycles. The molecular weight excluding hydrogens is 331 g/mol. The first-order valence-corrected chi connectivity index (χ1v) is 6.63. The average Bonchev–Trinajstić information content (AvgIpc) is 2.36. The Kier molecular flexibility index (Phi) is 5.10. The average molecular weight is 338 g/mol. The van der Waals surface area contributed by atoms with Gasteiger partial charge in [-0.15, -0.1) is 0 Å². The number of phenolic OH excluding ortho intramolecular Hbond substituents is 1. The van der Waals surface area contributed by atoms with Gasteiger partial charge in [-0.2, -0.15) is 8.42 Å². The van der Waals surface area contributed by atoms with E-state index in [1.807, 2.05) is 0 Å². The first-order chi connectivity index (χ1) is 9.62. The van der Waals surface area contributed by atoms with Gasteiger partial charge >= 0.3 is 35.2 Å². The van der Waals surface area contributed by atoms with E-state index in [-0.39, 0.29) is 34.9 Å². The number of rotatable bonds is 3. The third-order valence-corrected chi connectivity index (χ3v) is 3.58. The predicted octanol–water partition coefficient (Wildman–Crippen LogP) is 0.960. The predicted molar refractivity (Wildman–Crippen MR) is 75.9 cm³/mol. The monoisotopic (exact) mass is 338 g/mol. The van der Waals surface area contributed by atoms with Crippen LogP contribution in [0.15, 0.2) is 29.2 Å². The van der Waals surface area contributed by atoms with E-state index in [9.17, 15) is 33.8 Å². The second kappa shape index (κ2) is 6.14. The van der Waals surface area contributed by atoms with Crippen LogP contribution in [0, 0.1) is 20.2 Å². The van der Waals surface area contributed by atoms with Crippen LogP contribution in [-0.4, -0.2) is 57.5 Å². The van der Waals surface area contributed by atoms with E-state index in [0.29, 0.717) is 6.07 Å². The van der Waals surface area contributed by atoms with Gasteiger partial charge in [-0.1, -0.05) is 0 Å². The van der Waals surface area contributed by atoms with Crippen molar-refractivity contribution in [3.8, 4) is 5.75 Å². The first kappa shape index (κ1) is 18.3. The fourth-order valence-corrected chi connectivity index (χ4v) is 2.31. The molecule has 22 heavy (non-hydrogen) atoms. The maximum atomic E-state index is 11.0. The van der Waals surface area contributed by atoms with Crippen LogP contribution in [-0.2, 0) is 10.1 Å². The molecule has 0 aliphatic carbocycles. The Morgan fingerprint density at radius 3 is 1.95 bits per heavy atom. The molecule has 0 aliphatic rings. The Labute approximate surface area is 144 Å². The van der Waals surface area contributed by atoms with Crippen LogP contribution >= 0.6 is 0 Å². The molecule has 10 nitrogen and oxygen atoms in total. The molecule has 112 valence electrons. The van der Waals surface area contributed by atoms with Gasteiger partial charge in [-0.25, -0.2) is 0 Å². The molecule has 0 spiro atoms. The molecule has 0 saturated carbocycles. The Balaban J connectivity index is 0.00000242. The quantitative estimate of drug-likeness (QED) is 0.362. The molecule has 0 bridgehead atoms. The normalized spacial score (nSPS) is 11.0. The summed E-state index contributed by atoms with van der Waals surface area (Å²) < 4.78 is 31.0. The summed E-state index contributed by atoms with van der Waals surface area (Å²) in [5.41, 5.74) is -1.61. The second-order valence-electron chi connectivity index (χ2n) is 3.96. The van der Waals surface area contributed by atoms with Gasteiger partial charge in [-0.05, 0) is 18.2 Å². The summed E-state index contributed by atoms with van der Waals surface area (Å²) in [7, 11) is -4.63. The summed E-state index contributed by atoms with van der Waals surface area (Å²) in [4.78, 5) is 19.1. The number of aromatic hydroxyl groups is 1. The minimum atomic E-state index is -4.63. The summed E-state index contributed by atoms with van der Waals surface area (Å²) >= 11 is 0. The van der Waals surface area contributed by atoms with E-state index in [1.165, 1.54) is 0 Å². The van der Waals surface area contributed by atoms with Crippen LogP contribution in [0.25, 0.3) is 10.8 Å². The van der Waals surface area contributed by atoms with Crippen molar-refractivity contribution in [3.63, 3.8) is 0 Å². The Morgan fingerprint density at radius 2 is 1.50 bits per heavy atom. The van der Waals surface area contributed by atoms with Crippen molar-refractivity contribution in [2.45, 2.75) is 4.90 Å². The molecule has 12 heteroatoms. The summed E-state index contributed by atoms with van der Waals surface area (Å²) in [6.07, 6.45) is 0. The van der Waals surface area contributed by atoms with Crippen molar-refractivity contribution in [1.29, 1.82) is 0 Å². The molecule has 2 aromatic rings. The van der Waals surface area contributed by atoms with E-state index in [4.69, 9.17) is 4.55 Å². The topological polar surface area (TPSA) is 161 Å². The fraction of sp³-hybridized carbons (Fsp3) is 0. The number of fused-ring (bicyclic) bond motifs is 1. The molecule has 2 rings (SSSR count). The van der Waals surface area contributed by atoms with Gasteiger partial charge in [0.15, 0.2) is 0 Å². The summed E-state index contributed by atoms with van der Waals surface area (Å²) in [5.74, 6) is -0.925. The minimum absolute atomic E-state index is 0. The summed E-state index contributed by atoms with van der Waals surface area (Å²) in [6, 6.07) is 3.15. The van der Waals surface area contributed by atoms with Crippen LogP contribution < -0.4 is 0 Å². The van der Waals surface area contributed by atoms with Gasteiger partial charge < -0.3 is 5.11 Å². The number of non-ortho nitro benzene ring substituents is 1. The van der Waals surface area contributed by atoms with Crippen LogP contribution in [0.1, 0.15) is 0 Å². The summed E-state index contributed by atoms with van der Waals surface area (Å²) in [6.45, 7) is 0. The van der Waals surface area contributed by atoms with Gasteiger partial charge in [0, 0.05) is 5.39 Å². The maximum absolute atomic E-state index is 11.0. The van der Waals surface area contributed by atoms with Gasteiger partial charge in [-0.3, -0.25) is 24.8 Å². The zero-order valence-electron chi connectivity index (χ0n) is 9.96. The standard InChI is InChI=1S/C10H6N2O8S.Na.H/c13-10-7-3-5(21(18,19)20)1-2-6(7)8(11(14)15)4-9(10)12(16)17;;/h1-4,13H,(H,18,19,20);;. The molecule has 0 atom stereocenters. The van der Waals surface area contributed by atoms with E-state index >= 15 is 0 Å². The van der Waals surface area contributed by atoms with E-state index in [2.05, 4.69) is 0 Å². The van der Waals surface area contributed by atoms with E-state index in [1.54, 1.807) is 0 Å². The van der Waals surface area contributed by atoms with Crippen molar-refractivity contribution in [2.75, 3.05) is 0 Å². The van der Waals surface area contributed by atoms with Gasteiger partial charge in [0.2, 0.25) is 5.75 Å². The van der Waals surface area contributed by atoms with Crippen molar-refractivity contribution in [1.82, 2.24) is 0 Å². The number of phenols is 1. The van der Waals surface area contributed by atoms with Crippen molar-refractivity contribution >= 4 is 61.8 Å². The molecule has 0 fully saturated rings. The van der Waals surface area contributed by atoms with Crippen molar-refractivity contribution < 1.29 is 27.9 Å². The zero-order valence-corrected chi connectivity index (χ0v) is 10.8. The van der Waals surface area contributed by atoms with Crippen molar-refractivity contribution in [3.05, 3.63) is 44.5 Å². The number of nitrogens with zero attached hydrogens (tertiary/aromatic N) is 2. The molecule has 0 aliphatic heterocycles. The number of hydrogen-bond donors (Lipinski definition) is 2. The molecule has 0 heterocycles. The Morgan fingerprint density at radius 1 is 0.955 bits per heavy atom. The van der Waals surface area contributed by atoms with Crippen LogP contribution in [0.4, 0.5) is 11.4 Å². The molecule has 2 N–H and O–H groups in total. The van der Waals surface area contributed by atoms with E-state index < -0.39 is 47.4 Å². The van der Waals surface area contributed by atoms with E-state index in [0.717, 1.165) is 18.2 Å². The second-order valence-corrected chi connectivity index (χ2v) is 5.38. The fourth-order valence-electron chi connectivity index (χ4n) is 1.81. The third kappa shape index (κ3) is 3.18. The number of benzene rings is 2. The Hall–Kier alpha value is -1.79. The molecule has 0 unspecified atom stereocenters. The van der Waals surface area contributed by atoms with Crippen LogP contribution in [0.3, 0.4) is 0 Å². The molecule has 0 radical (unpaired) electrons. The SMILES string of the molecule is O=[N+]([O-])c1cc([N+](=O)[O-])c2ccc(S(=O)(=O)O)cc2c1O.[NaH]. The number of nitro groups is 2. The summed E-state index contributed by atoms with van der Waals surface area (Å²) in [5, 5.41) is 30.8. The van der Waals surface area contributed by atoms with Gasteiger partial charge in [0.1, 0.15) is 0 Å². The van der Waals surface area contributed by atoms with Gasteiger partial charge in [0.05, 0.1) is 26.2 Å².